The first-order valence-corrected chi connectivity index (χ1v) is 16.9. The average Bonchev–Trinajstić information content (AvgIpc) is 3.51. The fourth-order valence-electron chi connectivity index (χ4n) is 6.89. The molecule has 0 spiro atoms. The highest BCUT2D eigenvalue weighted by Crippen LogP contribution is 2.43. The molecule has 0 aliphatic rings. The maximum atomic E-state index is 14.9. The molecule has 0 saturated carbocycles. The van der Waals surface area contributed by atoms with Crippen LogP contribution in [0.25, 0.3) is 60.3 Å². The van der Waals surface area contributed by atoms with E-state index >= 15 is 0 Å². The molecule has 212 valence electrons. The van der Waals surface area contributed by atoms with Gasteiger partial charge in [0.05, 0.1) is 16.6 Å². The fraction of sp³-hybridized carbons (Fsp3) is 0. The second-order valence-corrected chi connectivity index (χ2v) is 14.3. The highest BCUT2D eigenvalue weighted by atomic mass is 31.2. The van der Waals surface area contributed by atoms with Crippen LogP contribution in [0.5, 0.6) is 0 Å². The van der Waals surface area contributed by atoms with Crippen LogP contribution >= 0.6 is 7.14 Å². The number of nitrogens with zero attached hydrogens (tertiary/aromatic N) is 2. The molecule has 0 unspecified atom stereocenters. The Morgan fingerprint density at radius 2 is 1.07 bits per heavy atom. The van der Waals surface area contributed by atoms with Crippen LogP contribution in [0.1, 0.15) is 0 Å². The maximum Gasteiger partial charge on any atom is 0.171 e. The minimum atomic E-state index is -3.03. The Kier molecular flexibility index (Phi) is 5.78. The predicted molar refractivity (Wildman–Crippen MR) is 190 cm³/mol. The van der Waals surface area contributed by atoms with Gasteiger partial charge in [0, 0.05) is 26.7 Å². The van der Waals surface area contributed by atoms with Gasteiger partial charge in [0.1, 0.15) is 5.65 Å². The molecular formula is C41H27N2OP. The van der Waals surface area contributed by atoms with Gasteiger partial charge in [-0.05, 0) is 45.5 Å². The summed E-state index contributed by atoms with van der Waals surface area (Å²) < 4.78 is 17.2. The molecule has 0 amide bonds. The van der Waals surface area contributed by atoms with Crippen molar-refractivity contribution < 1.29 is 4.57 Å². The number of benzene rings is 7. The summed E-state index contributed by atoms with van der Waals surface area (Å²) in [6, 6.07) is 56.0. The molecule has 0 aliphatic heterocycles. The summed E-state index contributed by atoms with van der Waals surface area (Å²) >= 11 is 0. The van der Waals surface area contributed by atoms with Crippen molar-refractivity contribution in [1.29, 1.82) is 0 Å². The molecule has 0 radical (unpaired) electrons. The van der Waals surface area contributed by atoms with Crippen LogP contribution in [-0.4, -0.2) is 9.38 Å². The molecule has 9 aromatic rings. The lowest BCUT2D eigenvalue weighted by atomic mass is 9.99. The third-order valence-electron chi connectivity index (χ3n) is 9.05. The number of imidazole rings is 1. The number of para-hydroxylation sites is 1. The molecule has 2 aromatic heterocycles. The van der Waals surface area contributed by atoms with Crippen LogP contribution in [0.2, 0.25) is 0 Å². The van der Waals surface area contributed by atoms with Crippen LogP contribution in [0.15, 0.2) is 164 Å². The Morgan fingerprint density at radius 3 is 1.80 bits per heavy atom. The van der Waals surface area contributed by atoms with Crippen LogP contribution in [0, 0.1) is 0 Å². The van der Waals surface area contributed by atoms with Crippen LogP contribution in [-0.2, 0) is 4.57 Å². The van der Waals surface area contributed by atoms with Gasteiger partial charge in [-0.25, -0.2) is 4.98 Å². The van der Waals surface area contributed by atoms with E-state index in [1.807, 2.05) is 72.8 Å². The zero-order valence-corrected chi connectivity index (χ0v) is 25.2. The van der Waals surface area contributed by atoms with Crippen molar-refractivity contribution in [2.75, 3.05) is 0 Å². The zero-order valence-electron chi connectivity index (χ0n) is 24.3. The first kappa shape index (κ1) is 25.9. The second kappa shape index (κ2) is 10.0. The summed E-state index contributed by atoms with van der Waals surface area (Å²) in [4.78, 5) is 5.22. The Bertz CT molecular complexity index is 2560. The van der Waals surface area contributed by atoms with Gasteiger partial charge in [0.15, 0.2) is 7.14 Å². The molecule has 0 atom stereocenters. The maximum absolute atomic E-state index is 14.9. The first-order valence-electron chi connectivity index (χ1n) is 15.2. The molecule has 45 heavy (non-hydrogen) atoms. The molecule has 0 saturated heterocycles. The molecule has 0 bridgehead atoms. The molecule has 4 heteroatoms. The quantitative estimate of drug-likeness (QED) is 0.150. The van der Waals surface area contributed by atoms with Gasteiger partial charge >= 0.3 is 0 Å². The van der Waals surface area contributed by atoms with E-state index in [1.165, 1.54) is 26.9 Å². The van der Waals surface area contributed by atoms with Gasteiger partial charge in [-0.15, -0.1) is 0 Å². The lowest BCUT2D eigenvalue weighted by molar-refractivity contribution is 0.592. The number of hydrogen-bond donors (Lipinski definition) is 0. The van der Waals surface area contributed by atoms with Crippen molar-refractivity contribution in [3.05, 3.63) is 164 Å². The topological polar surface area (TPSA) is 34.4 Å². The summed E-state index contributed by atoms with van der Waals surface area (Å²) in [5.74, 6) is 0. The van der Waals surface area contributed by atoms with E-state index in [4.69, 9.17) is 4.98 Å². The molecule has 0 N–H and O–H groups in total. The monoisotopic (exact) mass is 594 g/mol. The van der Waals surface area contributed by atoms with Gasteiger partial charge in [0.25, 0.3) is 0 Å². The average molecular weight is 595 g/mol. The van der Waals surface area contributed by atoms with E-state index in [2.05, 4.69) is 95.4 Å². The van der Waals surface area contributed by atoms with Crippen molar-refractivity contribution in [3.63, 3.8) is 0 Å². The summed E-state index contributed by atoms with van der Waals surface area (Å²) in [6.07, 6.45) is 0. The van der Waals surface area contributed by atoms with E-state index < -0.39 is 7.14 Å². The van der Waals surface area contributed by atoms with Crippen molar-refractivity contribution >= 4 is 72.2 Å². The number of fused-ring (bicyclic) bond motifs is 10. The summed E-state index contributed by atoms with van der Waals surface area (Å²) in [6.45, 7) is 0. The Morgan fingerprint density at radius 1 is 0.467 bits per heavy atom. The highest BCUT2D eigenvalue weighted by Gasteiger charge is 2.29. The SMILES string of the molecule is O=P(c1ccccc1)(c1ccccc1)c1ccc(-c2ccc3nc4c5c6ccccc6ccc5c5ccccc5n4c3c2)cc1. The normalized spacial score (nSPS) is 12.1. The van der Waals surface area contributed by atoms with Gasteiger partial charge in [-0.2, -0.15) is 0 Å². The molecule has 9 rings (SSSR count). The van der Waals surface area contributed by atoms with E-state index in [-0.39, 0.29) is 0 Å². The van der Waals surface area contributed by atoms with E-state index in [0.29, 0.717) is 0 Å². The lowest BCUT2D eigenvalue weighted by Gasteiger charge is -2.20. The fourth-order valence-corrected chi connectivity index (χ4v) is 9.53. The number of aromatic nitrogens is 2. The first-order chi connectivity index (χ1) is 22.2. The summed E-state index contributed by atoms with van der Waals surface area (Å²) in [7, 11) is -3.03. The molecular weight excluding hydrogens is 567 g/mol. The standard InChI is InChI=1S/C41H27N2OP/c44-45(31-12-3-1-4-13-31,32-14-5-2-6-15-32)33-23-19-28(20-24-33)30-22-26-37-39(27-30)43-38-18-10-9-17-35(38)36-25-21-29-11-7-8-16-34(29)40(36)41(43)42-37/h1-27H. The molecule has 2 heterocycles. The van der Waals surface area contributed by atoms with Gasteiger partial charge < -0.3 is 4.57 Å². The smallest absolute Gasteiger partial charge is 0.171 e. The molecule has 7 aromatic carbocycles. The summed E-state index contributed by atoms with van der Waals surface area (Å²) in [5.41, 5.74) is 6.29. The van der Waals surface area contributed by atoms with Gasteiger partial charge in [-0.3, -0.25) is 4.40 Å². The lowest BCUT2D eigenvalue weighted by Crippen LogP contribution is -2.24. The second-order valence-electron chi connectivity index (χ2n) is 11.5. The van der Waals surface area contributed by atoms with Gasteiger partial charge in [0.2, 0.25) is 0 Å². The van der Waals surface area contributed by atoms with Crippen LogP contribution in [0.3, 0.4) is 0 Å². The van der Waals surface area contributed by atoms with Crippen molar-refractivity contribution in [3.8, 4) is 11.1 Å². The van der Waals surface area contributed by atoms with E-state index in [1.54, 1.807) is 0 Å². The van der Waals surface area contributed by atoms with E-state index in [9.17, 15) is 4.57 Å². The Hall–Kier alpha value is -5.50. The van der Waals surface area contributed by atoms with Crippen LogP contribution < -0.4 is 15.9 Å². The Labute approximate surface area is 260 Å². The third kappa shape index (κ3) is 3.91. The number of rotatable bonds is 4. The van der Waals surface area contributed by atoms with Crippen molar-refractivity contribution in [2.45, 2.75) is 0 Å². The van der Waals surface area contributed by atoms with Gasteiger partial charge in [-0.1, -0.05) is 146 Å². The summed E-state index contributed by atoms with van der Waals surface area (Å²) in [5, 5.41) is 8.50. The van der Waals surface area contributed by atoms with Crippen LogP contribution in [0.4, 0.5) is 0 Å². The predicted octanol–water partition coefficient (Wildman–Crippen LogP) is 9.25. The minimum absolute atomic E-state index is 0.823. The molecule has 0 fully saturated rings. The highest BCUT2D eigenvalue weighted by molar-refractivity contribution is 7.85. The minimum Gasteiger partial charge on any atom is -0.309 e. The Balaban J connectivity index is 1.24. The molecule has 3 nitrogen and oxygen atoms in total. The number of hydrogen-bond acceptors (Lipinski definition) is 2. The van der Waals surface area contributed by atoms with Crippen molar-refractivity contribution in [1.82, 2.24) is 9.38 Å². The largest absolute Gasteiger partial charge is 0.309 e. The zero-order chi connectivity index (χ0) is 30.0. The number of pyridine rings is 1. The third-order valence-corrected chi connectivity index (χ3v) is 12.1. The van der Waals surface area contributed by atoms with Crippen molar-refractivity contribution in [2.24, 2.45) is 0 Å². The molecule has 0 aliphatic carbocycles. The van der Waals surface area contributed by atoms with E-state index in [0.717, 1.165) is 49.2 Å².